The lowest BCUT2D eigenvalue weighted by molar-refractivity contribution is 0.0990. The van der Waals surface area contributed by atoms with Crippen LogP contribution in [0.2, 0.25) is 5.02 Å². The van der Waals surface area contributed by atoms with Crippen LogP contribution < -0.4 is 5.73 Å². The van der Waals surface area contributed by atoms with E-state index in [0.29, 0.717) is 28.6 Å². The molecule has 0 aliphatic carbocycles. The first kappa shape index (κ1) is 10.4. The van der Waals surface area contributed by atoms with Gasteiger partial charge in [-0.25, -0.2) is 0 Å². The van der Waals surface area contributed by atoms with E-state index in [4.69, 9.17) is 28.9 Å². The summed E-state index contributed by atoms with van der Waals surface area (Å²) < 4.78 is 0. The summed E-state index contributed by atoms with van der Waals surface area (Å²) in [6.07, 6.45) is 0.299. The average Bonchev–Trinajstić information content (AvgIpc) is 2.04. The minimum atomic E-state index is -0.0517. The first-order valence-electron chi connectivity index (χ1n) is 3.79. The Morgan fingerprint density at radius 1 is 1.46 bits per heavy atom. The van der Waals surface area contributed by atoms with Gasteiger partial charge in [0.05, 0.1) is 0 Å². The molecule has 4 heteroatoms. The molecule has 13 heavy (non-hydrogen) atoms. The summed E-state index contributed by atoms with van der Waals surface area (Å²) in [5, 5.41) is 0.528. The van der Waals surface area contributed by atoms with E-state index in [1.807, 2.05) is 0 Å². The molecule has 0 bridgehead atoms. The maximum Gasteiger partial charge on any atom is 0.166 e. The number of ketones is 1. The molecule has 0 saturated heterocycles. The number of anilines is 1. The fourth-order valence-corrected chi connectivity index (χ4v) is 1.36. The summed E-state index contributed by atoms with van der Waals surface area (Å²) >= 11 is 11.1. The van der Waals surface area contributed by atoms with E-state index in [-0.39, 0.29) is 5.78 Å². The van der Waals surface area contributed by atoms with Crippen LogP contribution in [-0.2, 0) is 0 Å². The number of carbonyl (C=O) groups is 1. The third-order valence-electron chi connectivity index (χ3n) is 1.64. The van der Waals surface area contributed by atoms with Crippen LogP contribution >= 0.6 is 23.2 Å². The maximum absolute atomic E-state index is 11.4. The highest BCUT2D eigenvalue weighted by atomic mass is 35.5. The largest absolute Gasteiger partial charge is 0.398 e. The van der Waals surface area contributed by atoms with Crippen LogP contribution in [0.25, 0.3) is 0 Å². The van der Waals surface area contributed by atoms with E-state index in [2.05, 4.69) is 0 Å². The third-order valence-corrected chi connectivity index (χ3v) is 2.06. The fourth-order valence-electron chi connectivity index (χ4n) is 1.01. The highest BCUT2D eigenvalue weighted by molar-refractivity contribution is 6.31. The molecule has 0 heterocycles. The number of hydrogen-bond acceptors (Lipinski definition) is 2. The lowest BCUT2D eigenvalue weighted by Gasteiger charge is -2.03. The molecule has 0 aliphatic heterocycles. The smallest absolute Gasteiger partial charge is 0.166 e. The molecule has 2 nitrogen and oxygen atoms in total. The summed E-state index contributed by atoms with van der Waals surface area (Å²) in [6, 6.07) is 4.81. The second-order valence-electron chi connectivity index (χ2n) is 2.59. The number of hydrogen-bond donors (Lipinski definition) is 1. The molecular formula is C9H9Cl2NO. The van der Waals surface area contributed by atoms with Crippen LogP contribution in [-0.4, -0.2) is 11.7 Å². The molecule has 0 aliphatic rings. The van der Waals surface area contributed by atoms with E-state index in [0.717, 1.165) is 0 Å². The second kappa shape index (κ2) is 4.49. The molecule has 0 radical (unpaired) electrons. The highest BCUT2D eigenvalue weighted by Crippen LogP contribution is 2.19. The Balaban J connectivity index is 2.95. The molecule has 70 valence electrons. The van der Waals surface area contributed by atoms with Gasteiger partial charge in [0.15, 0.2) is 5.78 Å². The topological polar surface area (TPSA) is 43.1 Å². The van der Waals surface area contributed by atoms with Gasteiger partial charge in [0.1, 0.15) is 0 Å². The van der Waals surface area contributed by atoms with Crippen molar-refractivity contribution >= 4 is 34.7 Å². The second-order valence-corrected chi connectivity index (χ2v) is 3.41. The highest BCUT2D eigenvalue weighted by Gasteiger charge is 2.08. The monoisotopic (exact) mass is 217 g/mol. The zero-order chi connectivity index (χ0) is 9.84. The normalized spacial score (nSPS) is 10.0. The molecule has 0 amide bonds. The first-order chi connectivity index (χ1) is 6.15. The zero-order valence-corrected chi connectivity index (χ0v) is 8.40. The molecule has 0 saturated carbocycles. The molecule has 0 spiro atoms. The van der Waals surface area contributed by atoms with Crippen molar-refractivity contribution in [2.24, 2.45) is 0 Å². The molecule has 0 aromatic heterocycles. The fraction of sp³-hybridized carbons (Fsp3) is 0.222. The van der Waals surface area contributed by atoms with Crippen LogP contribution in [0.1, 0.15) is 16.8 Å². The summed E-state index contributed by atoms with van der Waals surface area (Å²) in [5.74, 6) is 0.255. The standard InChI is InChI=1S/C9H9Cl2NO/c10-4-3-9(13)7-2-1-6(11)5-8(7)12/h1-2,5H,3-4,12H2. The number of carbonyl (C=O) groups excluding carboxylic acids is 1. The van der Waals surface area contributed by atoms with Gasteiger partial charge in [-0.1, -0.05) is 11.6 Å². The van der Waals surface area contributed by atoms with Gasteiger partial charge < -0.3 is 5.73 Å². The van der Waals surface area contributed by atoms with Crippen LogP contribution in [0, 0.1) is 0 Å². The number of alkyl halides is 1. The molecule has 2 N–H and O–H groups in total. The van der Waals surface area contributed by atoms with E-state index < -0.39 is 0 Å². The lowest BCUT2D eigenvalue weighted by atomic mass is 10.1. The molecule has 1 aromatic rings. The van der Waals surface area contributed by atoms with Gasteiger partial charge in [-0.3, -0.25) is 4.79 Å². The van der Waals surface area contributed by atoms with Gasteiger partial charge in [0.2, 0.25) is 0 Å². The Bertz CT molecular complexity index is 325. The molecule has 1 aromatic carbocycles. The van der Waals surface area contributed by atoms with Gasteiger partial charge in [-0.15, -0.1) is 11.6 Å². The lowest BCUT2D eigenvalue weighted by Crippen LogP contribution is -2.03. The van der Waals surface area contributed by atoms with Gasteiger partial charge >= 0.3 is 0 Å². The van der Waals surface area contributed by atoms with Crippen LogP contribution in [0.3, 0.4) is 0 Å². The van der Waals surface area contributed by atoms with Gasteiger partial charge in [-0.2, -0.15) is 0 Å². The van der Waals surface area contributed by atoms with Gasteiger partial charge in [-0.05, 0) is 18.2 Å². The Kier molecular flexibility index (Phi) is 3.58. The minimum Gasteiger partial charge on any atom is -0.398 e. The zero-order valence-electron chi connectivity index (χ0n) is 6.89. The average molecular weight is 218 g/mol. The van der Waals surface area contributed by atoms with Crippen molar-refractivity contribution in [2.75, 3.05) is 11.6 Å². The first-order valence-corrected chi connectivity index (χ1v) is 4.70. The Hall–Kier alpha value is -0.730. The van der Waals surface area contributed by atoms with E-state index in [1.54, 1.807) is 18.2 Å². The predicted molar refractivity (Wildman–Crippen MR) is 55.5 cm³/mol. The molecule has 0 unspecified atom stereocenters. The third kappa shape index (κ3) is 2.61. The Labute approximate surface area is 86.6 Å². The molecular weight excluding hydrogens is 209 g/mol. The summed E-state index contributed by atoms with van der Waals surface area (Å²) in [6.45, 7) is 0. The van der Waals surface area contributed by atoms with Crippen molar-refractivity contribution in [3.63, 3.8) is 0 Å². The number of rotatable bonds is 3. The minimum absolute atomic E-state index is 0.0517. The number of Topliss-reactive ketones (excluding diaryl/α,β-unsaturated/α-hetero) is 1. The maximum atomic E-state index is 11.4. The summed E-state index contributed by atoms with van der Waals surface area (Å²) in [7, 11) is 0. The van der Waals surface area contributed by atoms with Crippen LogP contribution in [0.5, 0.6) is 0 Å². The van der Waals surface area contributed by atoms with Crippen molar-refractivity contribution < 1.29 is 4.79 Å². The van der Waals surface area contributed by atoms with Crippen LogP contribution in [0.15, 0.2) is 18.2 Å². The predicted octanol–water partition coefficient (Wildman–Crippen LogP) is 2.73. The van der Waals surface area contributed by atoms with Crippen molar-refractivity contribution in [3.05, 3.63) is 28.8 Å². The summed E-state index contributed by atoms with van der Waals surface area (Å²) in [5.41, 5.74) is 6.50. The number of halogens is 2. The van der Waals surface area contributed by atoms with E-state index in [9.17, 15) is 4.79 Å². The van der Waals surface area contributed by atoms with Crippen molar-refractivity contribution in [1.29, 1.82) is 0 Å². The van der Waals surface area contributed by atoms with Crippen molar-refractivity contribution in [1.82, 2.24) is 0 Å². The molecule has 0 fully saturated rings. The molecule has 0 atom stereocenters. The van der Waals surface area contributed by atoms with E-state index >= 15 is 0 Å². The summed E-state index contributed by atoms with van der Waals surface area (Å²) in [4.78, 5) is 11.4. The Morgan fingerprint density at radius 2 is 2.15 bits per heavy atom. The Morgan fingerprint density at radius 3 is 2.69 bits per heavy atom. The van der Waals surface area contributed by atoms with E-state index in [1.165, 1.54) is 0 Å². The quantitative estimate of drug-likeness (QED) is 0.481. The molecule has 1 rings (SSSR count). The van der Waals surface area contributed by atoms with Crippen LogP contribution in [0.4, 0.5) is 5.69 Å². The van der Waals surface area contributed by atoms with Gasteiger partial charge in [0, 0.05) is 28.6 Å². The van der Waals surface area contributed by atoms with Gasteiger partial charge in [0.25, 0.3) is 0 Å². The van der Waals surface area contributed by atoms with Crippen molar-refractivity contribution in [3.8, 4) is 0 Å². The van der Waals surface area contributed by atoms with Crippen molar-refractivity contribution in [2.45, 2.75) is 6.42 Å². The number of benzene rings is 1. The SMILES string of the molecule is Nc1cc(Cl)ccc1C(=O)CCCl. The number of nitrogens with two attached hydrogens (primary N) is 1. The number of nitrogen functional groups attached to an aromatic ring is 1.